The Morgan fingerprint density at radius 1 is 1.35 bits per heavy atom. The van der Waals surface area contributed by atoms with Crippen molar-refractivity contribution in [3.05, 3.63) is 0 Å². The third kappa shape index (κ3) is 5.04. The van der Waals surface area contributed by atoms with Gasteiger partial charge >= 0.3 is 5.97 Å². The molecule has 0 radical (unpaired) electrons. The Morgan fingerprint density at radius 2 is 2.06 bits per heavy atom. The molecule has 0 aromatic carbocycles. The number of hydrogen-bond acceptors (Lipinski definition) is 4. The molecule has 0 amide bonds. The zero-order chi connectivity index (χ0) is 12.7. The van der Waals surface area contributed by atoms with Crippen molar-refractivity contribution in [2.45, 2.75) is 45.6 Å². The van der Waals surface area contributed by atoms with E-state index in [1.807, 2.05) is 0 Å². The molecule has 1 fully saturated rings. The molecule has 1 aliphatic rings. The van der Waals surface area contributed by atoms with Crippen LogP contribution in [0.5, 0.6) is 0 Å². The molecular weight excluding hydrogens is 218 g/mol. The van der Waals surface area contributed by atoms with Crippen LogP contribution in [0.3, 0.4) is 0 Å². The molecule has 0 aromatic heterocycles. The van der Waals surface area contributed by atoms with Crippen LogP contribution >= 0.6 is 0 Å². The normalized spacial score (nSPS) is 26.5. The molecule has 17 heavy (non-hydrogen) atoms. The lowest BCUT2D eigenvalue weighted by Gasteiger charge is -2.28. The zero-order valence-electron chi connectivity index (χ0n) is 11.0. The van der Waals surface area contributed by atoms with Crippen LogP contribution in [0.25, 0.3) is 0 Å². The van der Waals surface area contributed by atoms with Gasteiger partial charge in [-0.1, -0.05) is 26.7 Å². The highest BCUT2D eigenvalue weighted by Crippen LogP contribution is 2.26. The van der Waals surface area contributed by atoms with Gasteiger partial charge < -0.3 is 15.2 Å². The molecule has 0 saturated heterocycles. The van der Waals surface area contributed by atoms with E-state index in [0.717, 1.165) is 6.42 Å². The van der Waals surface area contributed by atoms with Crippen LogP contribution in [0.4, 0.5) is 0 Å². The Kier molecular flexibility index (Phi) is 6.52. The summed E-state index contributed by atoms with van der Waals surface area (Å²) in [6.07, 6.45) is 5.28. The highest BCUT2D eigenvalue weighted by Gasteiger charge is 2.21. The lowest BCUT2D eigenvalue weighted by Crippen LogP contribution is -2.28. The Bertz CT molecular complexity index is 233. The zero-order valence-corrected chi connectivity index (χ0v) is 11.0. The van der Waals surface area contributed by atoms with E-state index < -0.39 is 0 Å². The number of esters is 1. The van der Waals surface area contributed by atoms with E-state index in [9.17, 15) is 4.79 Å². The van der Waals surface area contributed by atoms with Crippen molar-refractivity contribution >= 4 is 5.97 Å². The molecule has 0 bridgehead atoms. The summed E-state index contributed by atoms with van der Waals surface area (Å²) in [4.78, 5) is 11.3. The molecule has 0 aromatic rings. The van der Waals surface area contributed by atoms with Gasteiger partial charge in [-0.05, 0) is 18.8 Å². The van der Waals surface area contributed by atoms with Crippen molar-refractivity contribution in [3.63, 3.8) is 0 Å². The first kappa shape index (κ1) is 14.5. The highest BCUT2D eigenvalue weighted by atomic mass is 16.6. The standard InChI is InChI=1S/C13H25NO3/c1-10-5-3-4-6-12(10)16-7-8-17-13(15)11(2)9-14/h10-12H,3-9,14H2,1-2H3. The van der Waals surface area contributed by atoms with Crippen molar-refractivity contribution < 1.29 is 14.3 Å². The number of ether oxygens (including phenoxy) is 2. The van der Waals surface area contributed by atoms with E-state index in [-0.39, 0.29) is 11.9 Å². The predicted molar refractivity (Wildman–Crippen MR) is 66.5 cm³/mol. The van der Waals surface area contributed by atoms with Crippen LogP contribution in [0.2, 0.25) is 0 Å². The largest absolute Gasteiger partial charge is 0.463 e. The summed E-state index contributed by atoms with van der Waals surface area (Å²) in [6.45, 7) is 5.17. The molecule has 1 aliphatic carbocycles. The van der Waals surface area contributed by atoms with E-state index in [0.29, 0.717) is 31.8 Å². The molecule has 0 aliphatic heterocycles. The Morgan fingerprint density at radius 3 is 2.71 bits per heavy atom. The third-order valence-corrected chi connectivity index (χ3v) is 3.45. The second kappa shape index (κ2) is 7.67. The van der Waals surface area contributed by atoms with Gasteiger partial charge in [-0.3, -0.25) is 4.79 Å². The third-order valence-electron chi connectivity index (χ3n) is 3.45. The fraction of sp³-hybridized carbons (Fsp3) is 0.923. The number of hydrogen-bond donors (Lipinski definition) is 1. The van der Waals surface area contributed by atoms with E-state index in [1.54, 1.807) is 6.92 Å². The molecule has 0 heterocycles. The van der Waals surface area contributed by atoms with Gasteiger partial charge in [0.2, 0.25) is 0 Å². The molecule has 100 valence electrons. The molecule has 3 unspecified atom stereocenters. The van der Waals surface area contributed by atoms with Crippen LogP contribution in [0, 0.1) is 11.8 Å². The first-order valence-electron chi connectivity index (χ1n) is 6.63. The van der Waals surface area contributed by atoms with Crippen molar-refractivity contribution in [2.75, 3.05) is 19.8 Å². The van der Waals surface area contributed by atoms with Gasteiger partial charge in [0.1, 0.15) is 6.61 Å². The van der Waals surface area contributed by atoms with Crippen LogP contribution in [-0.4, -0.2) is 31.8 Å². The fourth-order valence-corrected chi connectivity index (χ4v) is 2.11. The van der Waals surface area contributed by atoms with Gasteiger partial charge in [0.15, 0.2) is 0 Å². The van der Waals surface area contributed by atoms with Crippen molar-refractivity contribution in [3.8, 4) is 0 Å². The topological polar surface area (TPSA) is 61.6 Å². The minimum Gasteiger partial charge on any atom is -0.463 e. The van der Waals surface area contributed by atoms with E-state index in [4.69, 9.17) is 15.2 Å². The SMILES string of the molecule is CC(CN)C(=O)OCCOC1CCCCC1C. The minimum absolute atomic E-state index is 0.219. The van der Waals surface area contributed by atoms with Gasteiger partial charge in [-0.15, -0.1) is 0 Å². The van der Waals surface area contributed by atoms with Gasteiger partial charge in [-0.2, -0.15) is 0 Å². The highest BCUT2D eigenvalue weighted by molar-refractivity contribution is 5.72. The number of nitrogens with two attached hydrogens (primary N) is 1. The maximum atomic E-state index is 11.3. The van der Waals surface area contributed by atoms with Crippen LogP contribution in [0.1, 0.15) is 39.5 Å². The average molecular weight is 243 g/mol. The first-order valence-corrected chi connectivity index (χ1v) is 6.63. The Hall–Kier alpha value is -0.610. The summed E-state index contributed by atoms with van der Waals surface area (Å²) < 4.78 is 10.8. The summed E-state index contributed by atoms with van der Waals surface area (Å²) in [6, 6.07) is 0. The molecular formula is C13H25NO3. The molecule has 2 N–H and O–H groups in total. The van der Waals surface area contributed by atoms with E-state index >= 15 is 0 Å². The minimum atomic E-state index is -0.229. The average Bonchev–Trinajstić information content (AvgIpc) is 2.35. The van der Waals surface area contributed by atoms with E-state index in [2.05, 4.69) is 6.92 Å². The van der Waals surface area contributed by atoms with Gasteiger partial charge in [0.05, 0.1) is 18.6 Å². The Labute approximate surface area is 104 Å². The monoisotopic (exact) mass is 243 g/mol. The van der Waals surface area contributed by atoms with Crippen molar-refractivity contribution in [2.24, 2.45) is 17.6 Å². The lowest BCUT2D eigenvalue weighted by molar-refractivity contribution is -0.150. The second-order valence-corrected chi connectivity index (χ2v) is 4.98. The van der Waals surface area contributed by atoms with Crippen molar-refractivity contribution in [1.29, 1.82) is 0 Å². The lowest BCUT2D eigenvalue weighted by atomic mass is 9.88. The summed E-state index contributed by atoms with van der Waals surface area (Å²) >= 11 is 0. The van der Waals surface area contributed by atoms with Gasteiger partial charge in [0.25, 0.3) is 0 Å². The molecule has 4 nitrogen and oxygen atoms in total. The summed E-state index contributed by atoms with van der Waals surface area (Å²) in [5, 5.41) is 0. The maximum Gasteiger partial charge on any atom is 0.310 e. The van der Waals surface area contributed by atoms with Crippen LogP contribution < -0.4 is 5.73 Å². The molecule has 3 atom stereocenters. The van der Waals surface area contributed by atoms with Gasteiger partial charge in [0, 0.05) is 6.54 Å². The predicted octanol–water partition coefficient (Wildman–Crippen LogP) is 1.72. The van der Waals surface area contributed by atoms with Crippen molar-refractivity contribution in [1.82, 2.24) is 0 Å². The Balaban J connectivity index is 2.09. The number of rotatable bonds is 6. The van der Waals surface area contributed by atoms with E-state index in [1.165, 1.54) is 19.3 Å². The van der Waals surface area contributed by atoms with Crippen LogP contribution in [0.15, 0.2) is 0 Å². The number of carbonyl (C=O) groups excluding carboxylic acids is 1. The summed E-state index contributed by atoms with van der Waals surface area (Å²) in [5.74, 6) is 0.179. The van der Waals surface area contributed by atoms with Gasteiger partial charge in [-0.25, -0.2) is 0 Å². The second-order valence-electron chi connectivity index (χ2n) is 4.98. The fourth-order valence-electron chi connectivity index (χ4n) is 2.11. The molecule has 1 saturated carbocycles. The number of carbonyl (C=O) groups is 1. The molecule has 4 heteroatoms. The summed E-state index contributed by atoms with van der Waals surface area (Å²) in [7, 11) is 0. The first-order chi connectivity index (χ1) is 8.15. The summed E-state index contributed by atoms with van der Waals surface area (Å²) in [5.41, 5.74) is 5.38. The quantitative estimate of drug-likeness (QED) is 0.570. The molecule has 1 rings (SSSR count). The maximum absolute atomic E-state index is 11.3. The molecule has 0 spiro atoms. The smallest absolute Gasteiger partial charge is 0.310 e. The van der Waals surface area contributed by atoms with Crippen LogP contribution in [-0.2, 0) is 14.3 Å².